The molecule has 0 fully saturated rings. The van der Waals surface area contributed by atoms with Crippen LogP contribution in [0.3, 0.4) is 0 Å². The molecule has 0 spiro atoms. The van der Waals surface area contributed by atoms with Crippen LogP contribution in [0.1, 0.15) is 24.2 Å². The number of nitrogens with one attached hydrogen (secondary N) is 1. The quantitative estimate of drug-likeness (QED) is 0.795. The Bertz CT molecular complexity index is 803. The first kappa shape index (κ1) is 14.9. The van der Waals surface area contributed by atoms with Crippen LogP contribution in [0.15, 0.2) is 29.9 Å². The van der Waals surface area contributed by atoms with Gasteiger partial charge in [-0.2, -0.15) is 5.10 Å². The predicted molar refractivity (Wildman–Crippen MR) is 82.5 cm³/mol. The van der Waals surface area contributed by atoms with Crippen molar-refractivity contribution in [1.82, 2.24) is 19.9 Å². The summed E-state index contributed by atoms with van der Waals surface area (Å²) < 4.78 is 14.7. The van der Waals surface area contributed by atoms with Gasteiger partial charge in [0.05, 0.1) is 24.4 Å². The molecule has 0 bridgehead atoms. The smallest absolute Gasteiger partial charge is 0.224 e. The molecular formula is C14H12ClFN4OS. The minimum Gasteiger partial charge on any atom is -0.348 e. The van der Waals surface area contributed by atoms with E-state index in [0.717, 1.165) is 10.7 Å². The third-order valence-corrected chi connectivity index (χ3v) is 4.23. The van der Waals surface area contributed by atoms with Crippen LogP contribution in [-0.2, 0) is 11.2 Å². The molecule has 2 heterocycles. The molecule has 0 aliphatic carbocycles. The van der Waals surface area contributed by atoms with Crippen LogP contribution in [0.2, 0.25) is 5.02 Å². The molecule has 3 rings (SSSR count). The van der Waals surface area contributed by atoms with Crippen LogP contribution in [-0.4, -0.2) is 20.5 Å². The van der Waals surface area contributed by atoms with Gasteiger partial charge in [0.2, 0.25) is 10.9 Å². The maximum Gasteiger partial charge on any atom is 0.224 e. The average Bonchev–Trinajstić information content (AvgIpc) is 3.02. The number of carbonyl (C=O) groups excluding carboxylic acids is 1. The second-order valence-electron chi connectivity index (χ2n) is 4.83. The summed E-state index contributed by atoms with van der Waals surface area (Å²) in [5.41, 5.74) is 3.02. The predicted octanol–water partition coefficient (Wildman–Crippen LogP) is 3.00. The molecule has 5 nitrogen and oxygen atoms in total. The van der Waals surface area contributed by atoms with Gasteiger partial charge in [0.25, 0.3) is 0 Å². The normalized spacial score (nSPS) is 12.5. The molecule has 1 atom stereocenters. The van der Waals surface area contributed by atoms with Crippen molar-refractivity contribution in [3.63, 3.8) is 0 Å². The Hall–Kier alpha value is -1.99. The third-order valence-electron chi connectivity index (χ3n) is 3.19. The SMILES string of the molecule is C[C@@H](NC(=O)Cc1ccc(F)cc1Cl)c1cn2ncsc2n1. The van der Waals surface area contributed by atoms with Crippen LogP contribution in [0.4, 0.5) is 4.39 Å². The maximum atomic E-state index is 13.0. The number of benzene rings is 1. The van der Waals surface area contributed by atoms with E-state index >= 15 is 0 Å². The van der Waals surface area contributed by atoms with Crippen molar-refractivity contribution >= 4 is 33.8 Å². The molecule has 0 aliphatic heterocycles. The Morgan fingerprint density at radius 2 is 2.36 bits per heavy atom. The van der Waals surface area contributed by atoms with Gasteiger partial charge in [-0.15, -0.1) is 0 Å². The molecule has 1 N–H and O–H groups in total. The number of hydrogen-bond acceptors (Lipinski definition) is 4. The second kappa shape index (κ2) is 6.02. The van der Waals surface area contributed by atoms with Crippen molar-refractivity contribution in [2.45, 2.75) is 19.4 Å². The Labute approximate surface area is 134 Å². The van der Waals surface area contributed by atoms with E-state index in [1.165, 1.54) is 29.5 Å². The fraction of sp³-hybridized carbons (Fsp3) is 0.214. The molecule has 0 saturated heterocycles. The van der Waals surface area contributed by atoms with Crippen LogP contribution < -0.4 is 5.32 Å². The summed E-state index contributed by atoms with van der Waals surface area (Å²) in [4.78, 5) is 17.2. The lowest BCUT2D eigenvalue weighted by atomic mass is 10.1. The van der Waals surface area contributed by atoms with Gasteiger partial charge in [0.15, 0.2) is 0 Å². The Balaban J connectivity index is 1.67. The molecule has 8 heteroatoms. The van der Waals surface area contributed by atoms with Gasteiger partial charge in [-0.1, -0.05) is 29.0 Å². The lowest BCUT2D eigenvalue weighted by Crippen LogP contribution is -2.28. The number of nitrogens with zero attached hydrogens (tertiary/aromatic N) is 3. The minimum absolute atomic E-state index is 0.0872. The molecule has 3 aromatic rings. The molecule has 0 radical (unpaired) electrons. The van der Waals surface area contributed by atoms with Gasteiger partial charge >= 0.3 is 0 Å². The Morgan fingerprint density at radius 1 is 1.55 bits per heavy atom. The number of halogens is 2. The van der Waals surface area contributed by atoms with Gasteiger partial charge in [-0.3, -0.25) is 4.79 Å². The van der Waals surface area contributed by atoms with Crippen molar-refractivity contribution in [3.8, 4) is 0 Å². The lowest BCUT2D eigenvalue weighted by Gasteiger charge is -2.12. The molecule has 114 valence electrons. The van der Waals surface area contributed by atoms with E-state index in [9.17, 15) is 9.18 Å². The Morgan fingerprint density at radius 3 is 3.09 bits per heavy atom. The number of fused-ring (bicyclic) bond motifs is 1. The fourth-order valence-corrected chi connectivity index (χ4v) is 2.91. The van der Waals surface area contributed by atoms with E-state index in [1.807, 2.05) is 6.92 Å². The summed E-state index contributed by atoms with van der Waals surface area (Å²) in [6.45, 7) is 1.84. The van der Waals surface area contributed by atoms with E-state index in [2.05, 4.69) is 15.4 Å². The summed E-state index contributed by atoms with van der Waals surface area (Å²) in [6.07, 6.45) is 1.87. The van der Waals surface area contributed by atoms with E-state index in [1.54, 1.807) is 16.2 Å². The summed E-state index contributed by atoms with van der Waals surface area (Å²) in [6, 6.07) is 3.74. The summed E-state index contributed by atoms with van der Waals surface area (Å²) >= 11 is 7.35. The first-order valence-corrected chi connectivity index (χ1v) is 7.81. The highest BCUT2D eigenvalue weighted by Crippen LogP contribution is 2.19. The standard InChI is InChI=1S/C14H12ClFN4OS/c1-8(12-6-20-14(19-12)22-7-17-20)18-13(21)4-9-2-3-10(16)5-11(9)15/h2-3,5-8H,4H2,1H3,(H,18,21)/t8-/m1/s1. The summed E-state index contributed by atoms with van der Waals surface area (Å²) in [5, 5.41) is 7.19. The van der Waals surface area contributed by atoms with Gasteiger partial charge in [-0.05, 0) is 24.6 Å². The number of carbonyl (C=O) groups is 1. The molecule has 1 aromatic carbocycles. The van der Waals surface area contributed by atoms with E-state index in [4.69, 9.17) is 11.6 Å². The van der Waals surface area contributed by atoms with Crippen molar-refractivity contribution < 1.29 is 9.18 Å². The van der Waals surface area contributed by atoms with E-state index in [-0.39, 0.29) is 23.4 Å². The highest BCUT2D eigenvalue weighted by molar-refractivity contribution is 7.14. The number of hydrogen-bond donors (Lipinski definition) is 1. The van der Waals surface area contributed by atoms with Crippen LogP contribution in [0.5, 0.6) is 0 Å². The van der Waals surface area contributed by atoms with Crippen LogP contribution in [0, 0.1) is 5.82 Å². The monoisotopic (exact) mass is 338 g/mol. The number of aromatic nitrogens is 3. The second-order valence-corrected chi connectivity index (χ2v) is 6.05. The zero-order valence-electron chi connectivity index (χ0n) is 11.6. The largest absolute Gasteiger partial charge is 0.348 e. The third kappa shape index (κ3) is 3.10. The van der Waals surface area contributed by atoms with E-state index in [0.29, 0.717) is 5.56 Å². The topological polar surface area (TPSA) is 59.3 Å². The Kier molecular flexibility index (Phi) is 4.08. The molecular weight excluding hydrogens is 327 g/mol. The molecule has 0 saturated carbocycles. The maximum absolute atomic E-state index is 13.0. The molecule has 0 aliphatic rings. The number of imidazole rings is 1. The van der Waals surface area contributed by atoms with Crippen molar-refractivity contribution in [2.24, 2.45) is 0 Å². The number of amides is 1. The first-order valence-electron chi connectivity index (χ1n) is 6.55. The van der Waals surface area contributed by atoms with Gasteiger partial charge < -0.3 is 5.32 Å². The minimum atomic E-state index is -0.423. The highest BCUT2D eigenvalue weighted by Gasteiger charge is 2.15. The van der Waals surface area contributed by atoms with Gasteiger partial charge in [-0.25, -0.2) is 13.9 Å². The first-order chi connectivity index (χ1) is 10.5. The van der Waals surface area contributed by atoms with Crippen molar-refractivity contribution in [1.29, 1.82) is 0 Å². The highest BCUT2D eigenvalue weighted by atomic mass is 35.5. The molecule has 22 heavy (non-hydrogen) atoms. The van der Waals surface area contributed by atoms with Crippen molar-refractivity contribution in [2.75, 3.05) is 0 Å². The summed E-state index contributed by atoms with van der Waals surface area (Å²) in [5.74, 6) is -0.626. The molecule has 0 unspecified atom stereocenters. The van der Waals surface area contributed by atoms with E-state index < -0.39 is 5.82 Å². The fourth-order valence-electron chi connectivity index (χ4n) is 2.07. The molecule has 2 aromatic heterocycles. The van der Waals surface area contributed by atoms with Crippen LogP contribution >= 0.6 is 22.9 Å². The summed E-state index contributed by atoms with van der Waals surface area (Å²) in [7, 11) is 0. The van der Waals surface area contributed by atoms with Gasteiger partial charge in [0.1, 0.15) is 11.3 Å². The van der Waals surface area contributed by atoms with Crippen molar-refractivity contribution in [3.05, 3.63) is 52.0 Å². The average molecular weight is 339 g/mol. The zero-order chi connectivity index (χ0) is 15.7. The van der Waals surface area contributed by atoms with Gasteiger partial charge in [0, 0.05) is 5.02 Å². The molecule has 1 amide bonds. The number of rotatable bonds is 4. The zero-order valence-corrected chi connectivity index (χ0v) is 13.2. The van der Waals surface area contributed by atoms with Crippen LogP contribution in [0.25, 0.3) is 4.96 Å². The lowest BCUT2D eigenvalue weighted by molar-refractivity contribution is -0.121.